The van der Waals surface area contributed by atoms with Crippen molar-refractivity contribution in [2.24, 2.45) is 5.14 Å². The second-order valence-corrected chi connectivity index (χ2v) is 8.67. The maximum Gasteiger partial charge on any atom is 0.239 e. The number of carbonyl (C=O) groups excluding carboxylic acids is 1. The Hall–Kier alpha value is -2.71. The lowest BCUT2D eigenvalue weighted by molar-refractivity contribution is 0.103. The molecule has 0 atom stereocenters. The number of benzene rings is 2. The Morgan fingerprint density at radius 3 is 2.45 bits per heavy atom. The number of fused-ring (bicyclic) bond motifs is 1. The number of nitrogens with two attached hydrogens (primary N) is 1. The van der Waals surface area contributed by atoms with Crippen LogP contribution in [0.2, 0.25) is 10.2 Å². The van der Waals surface area contributed by atoms with E-state index in [9.17, 15) is 13.2 Å². The first-order valence-electron chi connectivity index (χ1n) is 8.34. The van der Waals surface area contributed by atoms with Gasteiger partial charge in [-0.05, 0) is 42.0 Å². The number of halogens is 2. The molecule has 3 N–H and O–H groups in total. The van der Waals surface area contributed by atoms with Crippen molar-refractivity contribution in [3.8, 4) is 11.1 Å². The summed E-state index contributed by atoms with van der Waals surface area (Å²) in [5.74, 6) is -0.350. The number of nitrogens with zero attached hydrogens (tertiary/aromatic N) is 1. The molecular weight excluding hydrogens is 433 g/mol. The SMILES string of the molecule is NS(=O)(=O)c1cc(C(=O)c2ccc3c(-c4ccnc(Cl)c4)c[nH]c3c2)ccc1Cl. The van der Waals surface area contributed by atoms with E-state index in [2.05, 4.69) is 9.97 Å². The van der Waals surface area contributed by atoms with Crippen LogP contribution in [-0.4, -0.2) is 24.2 Å². The van der Waals surface area contributed by atoms with Gasteiger partial charge in [0.1, 0.15) is 10.0 Å². The van der Waals surface area contributed by atoms with E-state index in [1.165, 1.54) is 18.2 Å². The first kappa shape index (κ1) is 19.6. The lowest BCUT2D eigenvalue weighted by atomic mass is 10.00. The van der Waals surface area contributed by atoms with E-state index in [-0.39, 0.29) is 21.3 Å². The summed E-state index contributed by atoms with van der Waals surface area (Å²) < 4.78 is 23.3. The molecule has 146 valence electrons. The molecule has 2 aromatic heterocycles. The van der Waals surface area contributed by atoms with Crippen molar-refractivity contribution in [1.82, 2.24) is 9.97 Å². The van der Waals surface area contributed by atoms with Crippen molar-refractivity contribution in [3.05, 3.63) is 82.2 Å². The van der Waals surface area contributed by atoms with E-state index in [0.29, 0.717) is 10.7 Å². The molecule has 2 aromatic carbocycles. The van der Waals surface area contributed by atoms with Crippen LogP contribution in [0.5, 0.6) is 0 Å². The number of sulfonamides is 1. The Balaban J connectivity index is 1.75. The van der Waals surface area contributed by atoms with E-state index in [1.54, 1.807) is 24.4 Å². The normalized spacial score (nSPS) is 11.7. The third kappa shape index (κ3) is 3.77. The van der Waals surface area contributed by atoms with Gasteiger partial charge in [-0.3, -0.25) is 4.79 Å². The third-order valence-corrected chi connectivity index (χ3v) is 6.08. The van der Waals surface area contributed by atoms with E-state index in [0.717, 1.165) is 22.0 Å². The number of ketones is 1. The average Bonchev–Trinajstić information content (AvgIpc) is 3.10. The van der Waals surface area contributed by atoms with E-state index in [4.69, 9.17) is 28.3 Å². The Kier molecular flexibility index (Phi) is 4.92. The minimum atomic E-state index is -4.04. The van der Waals surface area contributed by atoms with Gasteiger partial charge in [-0.1, -0.05) is 35.3 Å². The van der Waals surface area contributed by atoms with Crippen molar-refractivity contribution in [1.29, 1.82) is 0 Å². The molecule has 9 heteroatoms. The van der Waals surface area contributed by atoms with Gasteiger partial charge in [-0.2, -0.15) is 0 Å². The third-order valence-electron chi connectivity index (χ3n) is 4.48. The topological polar surface area (TPSA) is 106 Å². The van der Waals surface area contributed by atoms with Crippen LogP contribution in [0.15, 0.2) is 65.8 Å². The Bertz CT molecular complexity index is 1380. The lowest BCUT2D eigenvalue weighted by Crippen LogP contribution is -2.14. The molecule has 0 saturated carbocycles. The first-order valence-corrected chi connectivity index (χ1v) is 10.6. The summed E-state index contributed by atoms with van der Waals surface area (Å²) in [6, 6.07) is 12.8. The van der Waals surface area contributed by atoms with Crippen LogP contribution < -0.4 is 5.14 Å². The Labute approximate surface area is 176 Å². The second kappa shape index (κ2) is 7.27. The summed E-state index contributed by atoms with van der Waals surface area (Å²) in [7, 11) is -4.04. The van der Waals surface area contributed by atoms with Gasteiger partial charge in [0.2, 0.25) is 10.0 Å². The lowest BCUT2D eigenvalue weighted by Gasteiger charge is -2.06. The number of hydrogen-bond donors (Lipinski definition) is 2. The summed E-state index contributed by atoms with van der Waals surface area (Å²) >= 11 is 11.9. The Morgan fingerprint density at radius 1 is 1.00 bits per heavy atom. The molecule has 0 aliphatic rings. The predicted molar refractivity (Wildman–Crippen MR) is 113 cm³/mol. The van der Waals surface area contributed by atoms with E-state index >= 15 is 0 Å². The zero-order valence-electron chi connectivity index (χ0n) is 14.7. The molecule has 29 heavy (non-hydrogen) atoms. The molecule has 4 aromatic rings. The van der Waals surface area contributed by atoms with E-state index < -0.39 is 10.0 Å². The van der Waals surface area contributed by atoms with Gasteiger partial charge in [-0.15, -0.1) is 0 Å². The highest BCUT2D eigenvalue weighted by atomic mass is 35.5. The standard InChI is InChI=1S/C20H13Cl2N3O3S/c21-16-4-2-13(8-18(16)29(23,27)28)20(26)12-1-3-14-15(10-25-17(14)7-12)11-5-6-24-19(22)9-11/h1-10,25H,(H2,23,27,28). The van der Waals surface area contributed by atoms with Crippen molar-refractivity contribution in [2.75, 3.05) is 0 Å². The monoisotopic (exact) mass is 445 g/mol. The minimum Gasteiger partial charge on any atom is -0.361 e. The zero-order valence-corrected chi connectivity index (χ0v) is 17.0. The molecule has 0 unspecified atom stereocenters. The number of aromatic nitrogens is 2. The van der Waals surface area contributed by atoms with Crippen molar-refractivity contribution >= 4 is 49.9 Å². The van der Waals surface area contributed by atoms with Gasteiger partial charge < -0.3 is 4.98 Å². The van der Waals surface area contributed by atoms with Crippen LogP contribution in [0.25, 0.3) is 22.0 Å². The Morgan fingerprint density at radius 2 is 1.72 bits per heavy atom. The summed E-state index contributed by atoms with van der Waals surface area (Å²) in [4.78, 5) is 19.7. The van der Waals surface area contributed by atoms with Crippen LogP contribution in [0.4, 0.5) is 0 Å². The number of pyridine rings is 1. The van der Waals surface area contributed by atoms with Gasteiger partial charge in [0.25, 0.3) is 0 Å². The molecule has 6 nitrogen and oxygen atoms in total. The van der Waals surface area contributed by atoms with E-state index in [1.807, 2.05) is 18.3 Å². The summed E-state index contributed by atoms with van der Waals surface area (Å²) in [5, 5.41) is 6.42. The number of carbonyl (C=O) groups is 1. The fourth-order valence-corrected chi connectivity index (χ4v) is 4.35. The molecule has 0 spiro atoms. The highest BCUT2D eigenvalue weighted by molar-refractivity contribution is 7.89. The van der Waals surface area contributed by atoms with Gasteiger partial charge in [-0.25, -0.2) is 18.5 Å². The number of rotatable bonds is 4. The largest absolute Gasteiger partial charge is 0.361 e. The van der Waals surface area contributed by atoms with Gasteiger partial charge in [0.15, 0.2) is 5.78 Å². The van der Waals surface area contributed by atoms with Crippen LogP contribution in [0.1, 0.15) is 15.9 Å². The molecule has 2 heterocycles. The van der Waals surface area contributed by atoms with Crippen LogP contribution in [0.3, 0.4) is 0 Å². The number of aromatic amines is 1. The van der Waals surface area contributed by atoms with Crippen molar-refractivity contribution in [3.63, 3.8) is 0 Å². The molecule has 0 aliphatic carbocycles. The highest BCUT2D eigenvalue weighted by Gasteiger charge is 2.18. The summed E-state index contributed by atoms with van der Waals surface area (Å²) in [5.41, 5.74) is 3.13. The van der Waals surface area contributed by atoms with Crippen molar-refractivity contribution in [2.45, 2.75) is 4.90 Å². The minimum absolute atomic E-state index is 0.0375. The van der Waals surface area contributed by atoms with Crippen molar-refractivity contribution < 1.29 is 13.2 Å². The summed E-state index contributed by atoms with van der Waals surface area (Å²) in [6.45, 7) is 0. The maximum atomic E-state index is 12.9. The second-order valence-electron chi connectivity index (χ2n) is 6.35. The smallest absolute Gasteiger partial charge is 0.239 e. The highest BCUT2D eigenvalue weighted by Crippen LogP contribution is 2.31. The quantitative estimate of drug-likeness (QED) is 0.358. The first-order chi connectivity index (χ1) is 13.7. The van der Waals surface area contributed by atoms with Gasteiger partial charge in [0, 0.05) is 40.0 Å². The molecule has 0 fully saturated rings. The number of hydrogen-bond acceptors (Lipinski definition) is 4. The fourth-order valence-electron chi connectivity index (χ4n) is 3.11. The number of H-pyrrole nitrogens is 1. The molecular formula is C20H13Cl2N3O3S. The maximum absolute atomic E-state index is 12.9. The average molecular weight is 446 g/mol. The van der Waals surface area contributed by atoms with Gasteiger partial charge in [0.05, 0.1) is 5.02 Å². The van der Waals surface area contributed by atoms with Crippen LogP contribution >= 0.6 is 23.2 Å². The van der Waals surface area contributed by atoms with Crippen LogP contribution in [-0.2, 0) is 10.0 Å². The zero-order chi connectivity index (χ0) is 20.8. The molecule has 0 aliphatic heterocycles. The molecule has 4 rings (SSSR count). The molecule has 0 radical (unpaired) electrons. The molecule has 0 bridgehead atoms. The van der Waals surface area contributed by atoms with Crippen LogP contribution in [0, 0.1) is 0 Å². The molecule has 0 amide bonds. The number of nitrogens with one attached hydrogen (secondary N) is 1. The predicted octanol–water partition coefficient (Wildman–Crippen LogP) is 4.42. The fraction of sp³-hybridized carbons (Fsp3) is 0. The van der Waals surface area contributed by atoms with Gasteiger partial charge >= 0.3 is 0 Å². The molecule has 0 saturated heterocycles. The summed E-state index contributed by atoms with van der Waals surface area (Å²) in [6.07, 6.45) is 3.45. The number of primary sulfonamides is 1.